The van der Waals surface area contributed by atoms with Gasteiger partial charge in [-0.05, 0) is 25.7 Å². The fourth-order valence-electron chi connectivity index (χ4n) is 2.34. The lowest BCUT2D eigenvalue weighted by Gasteiger charge is -2.25. The fourth-order valence-corrected chi connectivity index (χ4v) is 3.59. The Morgan fingerprint density at radius 2 is 2.47 bits per heavy atom. The first-order valence-corrected chi connectivity index (χ1v) is 6.74. The molecule has 2 aliphatic rings. The Morgan fingerprint density at radius 3 is 3.27 bits per heavy atom. The van der Waals surface area contributed by atoms with Gasteiger partial charge in [-0.25, -0.2) is 0 Å². The highest BCUT2D eigenvalue weighted by molar-refractivity contribution is 8.13. The SMILES string of the molecule is COCC(C)NC1=NC2CCCC2CS1. The molecule has 1 aliphatic carbocycles. The topological polar surface area (TPSA) is 33.6 Å². The van der Waals surface area contributed by atoms with Crippen molar-refractivity contribution in [3.05, 3.63) is 0 Å². The van der Waals surface area contributed by atoms with Crippen molar-refractivity contribution in [3.8, 4) is 0 Å². The predicted molar refractivity (Wildman–Crippen MR) is 65.5 cm³/mol. The highest BCUT2D eigenvalue weighted by Crippen LogP contribution is 2.34. The lowest BCUT2D eigenvalue weighted by atomic mass is 10.1. The first-order chi connectivity index (χ1) is 7.29. The number of hydrogen-bond donors (Lipinski definition) is 1. The average molecular weight is 228 g/mol. The van der Waals surface area contributed by atoms with Crippen molar-refractivity contribution in [3.63, 3.8) is 0 Å². The zero-order valence-corrected chi connectivity index (χ0v) is 10.3. The minimum atomic E-state index is 0.360. The Bertz CT molecular complexity index is 245. The Kier molecular flexibility index (Phi) is 3.92. The molecule has 4 heteroatoms. The van der Waals surface area contributed by atoms with Crippen molar-refractivity contribution in [2.24, 2.45) is 10.9 Å². The number of aliphatic imine (C=N–C) groups is 1. The second-order valence-corrected chi connectivity index (χ2v) is 5.51. The van der Waals surface area contributed by atoms with Crippen LogP contribution in [-0.2, 0) is 4.74 Å². The van der Waals surface area contributed by atoms with Gasteiger partial charge in [0.05, 0.1) is 12.6 Å². The molecule has 0 spiro atoms. The molecule has 1 fully saturated rings. The van der Waals surface area contributed by atoms with Gasteiger partial charge in [0.25, 0.3) is 0 Å². The number of rotatable bonds is 3. The molecule has 2 rings (SSSR count). The number of thioether (sulfide) groups is 1. The summed E-state index contributed by atoms with van der Waals surface area (Å²) in [7, 11) is 1.74. The van der Waals surface area contributed by atoms with Crippen LogP contribution in [-0.4, -0.2) is 36.7 Å². The van der Waals surface area contributed by atoms with E-state index < -0.39 is 0 Å². The van der Waals surface area contributed by atoms with Gasteiger partial charge in [-0.3, -0.25) is 4.99 Å². The fraction of sp³-hybridized carbons (Fsp3) is 0.909. The lowest BCUT2D eigenvalue weighted by Crippen LogP contribution is -2.37. The van der Waals surface area contributed by atoms with Crippen molar-refractivity contribution in [1.82, 2.24) is 5.32 Å². The van der Waals surface area contributed by atoms with Crippen LogP contribution in [0.15, 0.2) is 4.99 Å². The van der Waals surface area contributed by atoms with Gasteiger partial charge in [-0.2, -0.15) is 0 Å². The molecule has 0 radical (unpaired) electrons. The van der Waals surface area contributed by atoms with Gasteiger partial charge in [0.1, 0.15) is 0 Å². The first kappa shape index (κ1) is 11.3. The van der Waals surface area contributed by atoms with Crippen LogP contribution in [0.4, 0.5) is 0 Å². The van der Waals surface area contributed by atoms with E-state index >= 15 is 0 Å². The van der Waals surface area contributed by atoms with E-state index in [0.29, 0.717) is 12.1 Å². The third-order valence-corrected chi connectivity index (χ3v) is 4.21. The van der Waals surface area contributed by atoms with Crippen LogP contribution in [0, 0.1) is 5.92 Å². The van der Waals surface area contributed by atoms with Crippen molar-refractivity contribution in [2.75, 3.05) is 19.5 Å². The van der Waals surface area contributed by atoms with Gasteiger partial charge in [0.15, 0.2) is 5.17 Å². The molecule has 0 amide bonds. The summed E-state index contributed by atoms with van der Waals surface area (Å²) in [6, 6.07) is 0.961. The van der Waals surface area contributed by atoms with Crippen LogP contribution >= 0.6 is 11.8 Å². The molecule has 3 unspecified atom stereocenters. The Hall–Kier alpha value is -0.220. The van der Waals surface area contributed by atoms with E-state index in [4.69, 9.17) is 9.73 Å². The summed E-state index contributed by atoms with van der Waals surface area (Å²) in [5.74, 6) is 2.09. The molecule has 15 heavy (non-hydrogen) atoms. The van der Waals surface area contributed by atoms with E-state index in [2.05, 4.69) is 12.2 Å². The quantitative estimate of drug-likeness (QED) is 0.801. The smallest absolute Gasteiger partial charge is 0.157 e. The van der Waals surface area contributed by atoms with Crippen molar-refractivity contribution in [2.45, 2.75) is 38.3 Å². The summed E-state index contributed by atoms with van der Waals surface area (Å²) < 4.78 is 5.11. The summed E-state index contributed by atoms with van der Waals surface area (Å²) in [6.07, 6.45) is 4.03. The Balaban J connectivity index is 1.87. The van der Waals surface area contributed by atoms with Crippen LogP contribution in [0.2, 0.25) is 0 Å². The van der Waals surface area contributed by atoms with Crippen molar-refractivity contribution < 1.29 is 4.74 Å². The van der Waals surface area contributed by atoms with Crippen LogP contribution in [0.1, 0.15) is 26.2 Å². The molecule has 1 aliphatic heterocycles. The summed E-state index contributed by atoms with van der Waals surface area (Å²) >= 11 is 1.88. The zero-order valence-electron chi connectivity index (χ0n) is 9.53. The highest BCUT2D eigenvalue weighted by atomic mass is 32.2. The van der Waals surface area contributed by atoms with Crippen molar-refractivity contribution in [1.29, 1.82) is 0 Å². The second-order valence-electron chi connectivity index (χ2n) is 4.50. The zero-order chi connectivity index (χ0) is 10.7. The average Bonchev–Trinajstić information content (AvgIpc) is 2.65. The molecule has 1 saturated carbocycles. The Morgan fingerprint density at radius 1 is 1.60 bits per heavy atom. The van der Waals surface area contributed by atoms with Crippen LogP contribution < -0.4 is 5.32 Å². The van der Waals surface area contributed by atoms with Gasteiger partial charge in [-0.15, -0.1) is 0 Å². The standard InChI is InChI=1S/C11H20N2OS/c1-8(6-14-2)12-11-13-10-5-3-4-9(10)7-15-11/h8-10H,3-7H2,1-2H3,(H,12,13). The van der Waals surface area contributed by atoms with Gasteiger partial charge < -0.3 is 10.1 Å². The van der Waals surface area contributed by atoms with E-state index in [1.165, 1.54) is 25.0 Å². The van der Waals surface area contributed by atoms with Gasteiger partial charge in [0, 0.05) is 18.9 Å². The van der Waals surface area contributed by atoms with Gasteiger partial charge >= 0.3 is 0 Å². The van der Waals surface area contributed by atoms with Crippen LogP contribution in [0.25, 0.3) is 0 Å². The minimum Gasteiger partial charge on any atom is -0.383 e. The molecule has 0 aromatic carbocycles. The van der Waals surface area contributed by atoms with E-state index in [1.54, 1.807) is 7.11 Å². The van der Waals surface area contributed by atoms with E-state index in [0.717, 1.165) is 17.7 Å². The summed E-state index contributed by atoms with van der Waals surface area (Å²) in [6.45, 7) is 2.88. The largest absolute Gasteiger partial charge is 0.383 e. The summed E-state index contributed by atoms with van der Waals surface area (Å²) in [4.78, 5) is 4.78. The number of ether oxygens (including phenoxy) is 1. The minimum absolute atomic E-state index is 0.360. The maximum atomic E-state index is 5.11. The van der Waals surface area contributed by atoms with Crippen LogP contribution in [0.3, 0.4) is 0 Å². The molecule has 3 nitrogen and oxygen atoms in total. The second kappa shape index (κ2) is 5.21. The predicted octanol–water partition coefficient (Wildman–Crippen LogP) is 1.88. The lowest BCUT2D eigenvalue weighted by molar-refractivity contribution is 0.179. The number of nitrogens with zero attached hydrogens (tertiary/aromatic N) is 1. The van der Waals surface area contributed by atoms with Gasteiger partial charge in [-0.1, -0.05) is 18.2 Å². The molecule has 86 valence electrons. The molecule has 0 aromatic heterocycles. The summed E-state index contributed by atoms with van der Waals surface area (Å²) in [5, 5.41) is 4.55. The maximum absolute atomic E-state index is 5.11. The number of hydrogen-bond acceptors (Lipinski definition) is 4. The van der Waals surface area contributed by atoms with E-state index in [1.807, 2.05) is 11.8 Å². The normalized spacial score (nSPS) is 32.0. The van der Waals surface area contributed by atoms with Gasteiger partial charge in [0.2, 0.25) is 0 Å². The number of nitrogens with one attached hydrogen (secondary N) is 1. The first-order valence-electron chi connectivity index (χ1n) is 5.75. The van der Waals surface area contributed by atoms with E-state index in [9.17, 15) is 0 Å². The maximum Gasteiger partial charge on any atom is 0.157 e. The molecule has 1 heterocycles. The molecular formula is C11H20N2OS. The Labute approximate surface area is 96.1 Å². The number of fused-ring (bicyclic) bond motifs is 1. The monoisotopic (exact) mass is 228 g/mol. The molecule has 3 atom stereocenters. The van der Waals surface area contributed by atoms with Crippen molar-refractivity contribution >= 4 is 16.9 Å². The third-order valence-electron chi connectivity index (χ3n) is 3.12. The van der Waals surface area contributed by atoms with E-state index in [-0.39, 0.29) is 0 Å². The third kappa shape index (κ3) is 2.88. The molecule has 0 saturated heterocycles. The number of methoxy groups -OCH3 is 1. The molecule has 1 N–H and O–H groups in total. The molecular weight excluding hydrogens is 208 g/mol. The highest BCUT2D eigenvalue weighted by Gasteiger charge is 2.31. The molecule has 0 bridgehead atoms. The van der Waals surface area contributed by atoms with Crippen LogP contribution in [0.5, 0.6) is 0 Å². The number of amidine groups is 1. The molecule has 0 aromatic rings. The summed E-state index contributed by atoms with van der Waals surface area (Å²) in [5.41, 5.74) is 0.